The highest BCUT2D eigenvalue weighted by Crippen LogP contribution is 2.35. The number of ether oxygens (including phenoxy) is 1. The zero-order chi connectivity index (χ0) is 17.7. The van der Waals surface area contributed by atoms with Crippen molar-refractivity contribution in [2.45, 2.75) is 33.3 Å². The third kappa shape index (κ3) is 4.95. The van der Waals surface area contributed by atoms with E-state index in [1.807, 2.05) is 46.1 Å². The van der Waals surface area contributed by atoms with E-state index in [4.69, 9.17) is 4.74 Å². The molecule has 2 aromatic rings. The van der Waals surface area contributed by atoms with Gasteiger partial charge < -0.3 is 4.74 Å². The minimum atomic E-state index is -0.528. The van der Waals surface area contributed by atoms with Crippen molar-refractivity contribution in [2.24, 2.45) is 0 Å². The first-order chi connectivity index (χ1) is 11.3. The van der Waals surface area contributed by atoms with Crippen LogP contribution in [-0.4, -0.2) is 40.2 Å². The average Bonchev–Trinajstić information content (AvgIpc) is 2.89. The summed E-state index contributed by atoms with van der Waals surface area (Å²) in [5, 5.41) is 1.69. The molecule has 2 heterocycles. The van der Waals surface area contributed by atoms with Crippen LogP contribution in [0, 0.1) is 6.92 Å². The van der Waals surface area contributed by atoms with Crippen LogP contribution >= 0.6 is 23.1 Å². The summed E-state index contributed by atoms with van der Waals surface area (Å²) in [7, 11) is 0. The van der Waals surface area contributed by atoms with Crippen molar-refractivity contribution < 1.29 is 9.53 Å². The Hall–Kier alpha value is -1.60. The van der Waals surface area contributed by atoms with Gasteiger partial charge in [-0.25, -0.2) is 9.78 Å². The molecule has 2 aromatic heterocycles. The zero-order valence-corrected chi connectivity index (χ0v) is 16.3. The molecular formula is C17H23N3O2S2. The van der Waals surface area contributed by atoms with Gasteiger partial charge in [0.05, 0.1) is 5.69 Å². The lowest BCUT2D eigenvalue weighted by Gasteiger charge is -2.26. The Bertz CT molecular complexity index is 681. The van der Waals surface area contributed by atoms with Gasteiger partial charge in [0.25, 0.3) is 0 Å². The number of thioether (sulfide) groups is 1. The molecule has 0 aliphatic carbocycles. The number of nitrogens with zero attached hydrogens (tertiary/aromatic N) is 3. The van der Waals surface area contributed by atoms with Gasteiger partial charge in [0.15, 0.2) is 0 Å². The molecule has 0 N–H and O–H groups in total. The van der Waals surface area contributed by atoms with Crippen LogP contribution in [-0.2, 0) is 4.74 Å². The van der Waals surface area contributed by atoms with Gasteiger partial charge >= 0.3 is 6.09 Å². The van der Waals surface area contributed by atoms with Crippen molar-refractivity contribution in [3.63, 3.8) is 0 Å². The Morgan fingerprint density at radius 2 is 2.17 bits per heavy atom. The molecule has 0 radical (unpaired) electrons. The molecule has 0 aliphatic heterocycles. The summed E-state index contributed by atoms with van der Waals surface area (Å²) >= 11 is 3.18. The quantitative estimate of drug-likeness (QED) is 0.774. The molecule has 0 saturated carbocycles. The van der Waals surface area contributed by atoms with Gasteiger partial charge in [-0.3, -0.25) is 9.88 Å². The topological polar surface area (TPSA) is 55.3 Å². The Morgan fingerprint density at radius 3 is 2.75 bits per heavy atom. The van der Waals surface area contributed by atoms with E-state index in [-0.39, 0.29) is 6.09 Å². The van der Waals surface area contributed by atoms with Crippen LogP contribution in [0.25, 0.3) is 10.6 Å². The van der Waals surface area contributed by atoms with E-state index < -0.39 is 5.60 Å². The minimum absolute atomic E-state index is 0.332. The lowest BCUT2D eigenvalue weighted by atomic mass is 10.2. The molecule has 5 nitrogen and oxygen atoms in total. The number of carbonyl (C=O) groups is 1. The molecule has 0 atom stereocenters. The summed E-state index contributed by atoms with van der Waals surface area (Å²) in [5.74, 6) is 0.832. The normalized spacial score (nSPS) is 11.4. The summed E-state index contributed by atoms with van der Waals surface area (Å²) in [5.41, 5.74) is 1.25. The summed E-state index contributed by atoms with van der Waals surface area (Å²) < 4.78 is 5.57. The Morgan fingerprint density at radius 1 is 1.42 bits per heavy atom. The van der Waals surface area contributed by atoms with E-state index in [9.17, 15) is 4.79 Å². The van der Waals surface area contributed by atoms with Gasteiger partial charge in [0.2, 0.25) is 0 Å². The van der Waals surface area contributed by atoms with Gasteiger partial charge in [-0.05, 0) is 46.1 Å². The van der Waals surface area contributed by atoms with Crippen LogP contribution in [0.1, 0.15) is 26.5 Å². The number of hydrogen-bond acceptors (Lipinski definition) is 6. The van der Waals surface area contributed by atoms with Crippen LogP contribution in [0.15, 0.2) is 24.5 Å². The summed E-state index contributed by atoms with van der Waals surface area (Å²) in [6.07, 6.45) is 5.20. The largest absolute Gasteiger partial charge is 0.443 e. The highest BCUT2D eigenvalue weighted by Gasteiger charge is 2.26. The second kappa shape index (κ2) is 7.98. The number of carbonyl (C=O) groups excluding carboxylic acids is 1. The Labute approximate surface area is 151 Å². The molecular weight excluding hydrogens is 342 g/mol. The van der Waals surface area contributed by atoms with Crippen molar-refractivity contribution in [1.82, 2.24) is 9.97 Å². The maximum absolute atomic E-state index is 12.6. The monoisotopic (exact) mass is 365 g/mol. The molecule has 0 aromatic carbocycles. The van der Waals surface area contributed by atoms with E-state index in [2.05, 4.69) is 9.97 Å². The number of hydrogen-bond donors (Lipinski definition) is 0. The molecule has 0 spiro atoms. The maximum atomic E-state index is 12.6. The van der Waals surface area contributed by atoms with Crippen molar-refractivity contribution in [3.05, 3.63) is 30.2 Å². The average molecular weight is 366 g/mol. The van der Waals surface area contributed by atoms with Crippen LogP contribution in [0.3, 0.4) is 0 Å². The zero-order valence-electron chi connectivity index (χ0n) is 14.7. The highest BCUT2D eigenvalue weighted by atomic mass is 32.2. The van der Waals surface area contributed by atoms with Gasteiger partial charge in [0.1, 0.15) is 15.6 Å². The fourth-order valence-corrected chi connectivity index (χ4v) is 3.47. The number of anilines is 1. The number of aromatic nitrogens is 2. The molecule has 7 heteroatoms. The minimum Gasteiger partial charge on any atom is -0.443 e. The molecule has 0 fully saturated rings. The molecule has 0 bridgehead atoms. The van der Waals surface area contributed by atoms with Crippen molar-refractivity contribution in [2.75, 3.05) is 23.5 Å². The first-order valence-electron chi connectivity index (χ1n) is 7.69. The fraction of sp³-hybridized carbons (Fsp3) is 0.471. The van der Waals surface area contributed by atoms with E-state index in [1.54, 1.807) is 29.1 Å². The summed E-state index contributed by atoms with van der Waals surface area (Å²) in [4.78, 5) is 23.1. The first kappa shape index (κ1) is 18.7. The smallest absolute Gasteiger partial charge is 0.415 e. The SMILES string of the molecule is CSCCN(C(=O)OC(C)(C)C)c1sc(-c2cccnc2)nc1C. The van der Waals surface area contributed by atoms with Crippen molar-refractivity contribution in [3.8, 4) is 10.6 Å². The summed E-state index contributed by atoms with van der Waals surface area (Å²) in [6.45, 7) is 8.13. The van der Waals surface area contributed by atoms with Gasteiger partial charge in [-0.1, -0.05) is 11.3 Å². The van der Waals surface area contributed by atoms with E-state index in [1.165, 1.54) is 11.3 Å². The predicted octanol–water partition coefficient (Wildman–Crippen LogP) is 4.62. The van der Waals surface area contributed by atoms with Crippen molar-refractivity contribution >= 4 is 34.2 Å². The first-order valence-corrected chi connectivity index (χ1v) is 9.90. The third-order valence-electron chi connectivity index (χ3n) is 3.06. The highest BCUT2D eigenvalue weighted by molar-refractivity contribution is 7.98. The van der Waals surface area contributed by atoms with Crippen molar-refractivity contribution in [1.29, 1.82) is 0 Å². The van der Waals surface area contributed by atoms with Gasteiger partial charge in [-0.2, -0.15) is 11.8 Å². The predicted molar refractivity (Wildman–Crippen MR) is 102 cm³/mol. The Kier molecular flexibility index (Phi) is 6.23. The van der Waals surface area contributed by atoms with Crippen LogP contribution in [0.2, 0.25) is 0 Å². The molecule has 0 saturated heterocycles. The second-order valence-electron chi connectivity index (χ2n) is 6.28. The van der Waals surface area contributed by atoms with Crippen LogP contribution < -0.4 is 4.90 Å². The third-order valence-corrected chi connectivity index (χ3v) is 4.88. The Balaban J connectivity index is 2.32. The molecule has 130 valence electrons. The second-order valence-corrected chi connectivity index (χ2v) is 8.24. The van der Waals surface area contributed by atoms with Crippen LogP contribution in [0.4, 0.5) is 9.80 Å². The fourth-order valence-electron chi connectivity index (χ4n) is 2.03. The molecule has 0 aliphatic rings. The number of pyridine rings is 1. The molecule has 24 heavy (non-hydrogen) atoms. The number of amides is 1. The lowest BCUT2D eigenvalue weighted by molar-refractivity contribution is 0.0583. The molecule has 1 amide bonds. The van der Waals surface area contributed by atoms with E-state index in [0.29, 0.717) is 6.54 Å². The molecule has 2 rings (SSSR count). The standard InChI is InChI=1S/C17H23N3O2S2/c1-12-15(24-14(19-12)13-7-6-8-18-11-13)20(9-10-23-5)16(21)22-17(2,3)4/h6-8,11H,9-10H2,1-5H3. The maximum Gasteiger partial charge on any atom is 0.415 e. The van der Waals surface area contributed by atoms with E-state index >= 15 is 0 Å². The number of aryl methyl sites for hydroxylation is 1. The molecule has 0 unspecified atom stereocenters. The van der Waals surface area contributed by atoms with Crippen LogP contribution in [0.5, 0.6) is 0 Å². The van der Waals surface area contributed by atoms with E-state index in [0.717, 1.165) is 27.0 Å². The lowest BCUT2D eigenvalue weighted by Crippen LogP contribution is -2.38. The van der Waals surface area contributed by atoms with Gasteiger partial charge in [0, 0.05) is 30.3 Å². The number of rotatable bonds is 5. The summed E-state index contributed by atoms with van der Waals surface area (Å²) in [6, 6.07) is 3.85. The number of thiazole rings is 1. The van der Waals surface area contributed by atoms with Gasteiger partial charge in [-0.15, -0.1) is 0 Å².